The maximum atomic E-state index is 13.0. The van der Waals surface area contributed by atoms with Crippen LogP contribution < -0.4 is 15.0 Å². The molecule has 2 aromatic heterocycles. The second kappa shape index (κ2) is 13.9. The van der Waals surface area contributed by atoms with E-state index in [0.717, 1.165) is 62.3 Å². The van der Waals surface area contributed by atoms with Gasteiger partial charge in [-0.3, -0.25) is 9.69 Å². The van der Waals surface area contributed by atoms with Crippen molar-refractivity contribution in [3.05, 3.63) is 60.3 Å². The molecule has 1 aliphatic rings. The lowest BCUT2D eigenvalue weighted by molar-refractivity contribution is 0.0949. The number of nitrogens with one attached hydrogen (secondary N) is 1. The molecule has 4 rings (SSSR count). The molecule has 0 unspecified atom stereocenters. The van der Waals surface area contributed by atoms with Crippen molar-refractivity contribution in [1.29, 1.82) is 0 Å². The van der Waals surface area contributed by atoms with Crippen molar-refractivity contribution in [3.63, 3.8) is 0 Å². The Bertz CT molecular complexity index is 1030. The predicted octanol–water partition coefficient (Wildman–Crippen LogP) is 4.20. The Hall–Kier alpha value is -2.61. The lowest BCUT2D eigenvalue weighted by Crippen LogP contribution is -2.48. The van der Waals surface area contributed by atoms with Crippen molar-refractivity contribution in [2.45, 2.75) is 19.8 Å². The Labute approximate surface area is 213 Å². The van der Waals surface area contributed by atoms with Gasteiger partial charge >= 0.3 is 0 Å². The fraction of sp³-hybridized carbons (Fsp3) is 0.400. The normalized spacial score (nSPS) is 13.6. The number of piperazine rings is 1. The molecule has 1 amide bonds. The fourth-order valence-electron chi connectivity index (χ4n) is 3.90. The molecular formula is C25H33Cl2N5O2. The van der Waals surface area contributed by atoms with Crippen LogP contribution in [0.15, 0.2) is 54.7 Å². The van der Waals surface area contributed by atoms with Crippen molar-refractivity contribution in [2.24, 2.45) is 0 Å². The highest BCUT2D eigenvalue weighted by molar-refractivity contribution is 6.06. The van der Waals surface area contributed by atoms with Gasteiger partial charge in [-0.1, -0.05) is 37.6 Å². The maximum absolute atomic E-state index is 13.0. The van der Waals surface area contributed by atoms with Gasteiger partial charge in [0.05, 0.1) is 17.7 Å². The number of pyridine rings is 2. The van der Waals surface area contributed by atoms with Crippen LogP contribution in [0.4, 0.5) is 5.82 Å². The molecule has 1 N–H and O–H groups in total. The Morgan fingerprint density at radius 1 is 1.06 bits per heavy atom. The Kier molecular flexibility index (Phi) is 11.3. The number of anilines is 1. The fourth-order valence-corrected chi connectivity index (χ4v) is 3.90. The smallest absolute Gasteiger partial charge is 0.252 e. The highest BCUT2D eigenvalue weighted by Crippen LogP contribution is 2.22. The van der Waals surface area contributed by atoms with E-state index in [1.165, 1.54) is 0 Å². The van der Waals surface area contributed by atoms with Crippen LogP contribution in [-0.2, 0) is 0 Å². The number of hydrogen-bond acceptors (Lipinski definition) is 6. The van der Waals surface area contributed by atoms with Crippen LogP contribution in [0.1, 0.15) is 30.1 Å². The van der Waals surface area contributed by atoms with Gasteiger partial charge < -0.3 is 15.0 Å². The van der Waals surface area contributed by atoms with Crippen LogP contribution in [0.5, 0.6) is 5.88 Å². The second-order valence-corrected chi connectivity index (χ2v) is 8.00. The van der Waals surface area contributed by atoms with Gasteiger partial charge in [0.2, 0.25) is 5.88 Å². The van der Waals surface area contributed by atoms with E-state index in [-0.39, 0.29) is 30.7 Å². The maximum Gasteiger partial charge on any atom is 0.252 e. The largest absolute Gasteiger partial charge is 0.478 e. The summed E-state index contributed by atoms with van der Waals surface area (Å²) in [5, 5.41) is 3.93. The number of unbranched alkanes of at least 4 members (excludes halogenated alkanes) is 1. The van der Waals surface area contributed by atoms with E-state index in [0.29, 0.717) is 24.6 Å². The molecule has 0 radical (unpaired) electrons. The topological polar surface area (TPSA) is 70.6 Å². The van der Waals surface area contributed by atoms with Gasteiger partial charge in [0.15, 0.2) is 0 Å². The van der Waals surface area contributed by atoms with Crippen LogP contribution in [0, 0.1) is 0 Å². The number of ether oxygens (including phenoxy) is 1. The van der Waals surface area contributed by atoms with Gasteiger partial charge in [-0.15, -0.1) is 24.8 Å². The molecule has 0 atom stereocenters. The zero-order chi connectivity index (χ0) is 22.2. The molecule has 3 heterocycles. The molecule has 9 heteroatoms. The Morgan fingerprint density at radius 3 is 2.56 bits per heavy atom. The Morgan fingerprint density at radius 2 is 1.82 bits per heavy atom. The van der Waals surface area contributed by atoms with Crippen LogP contribution in [0.25, 0.3) is 10.9 Å². The van der Waals surface area contributed by atoms with Crippen molar-refractivity contribution in [3.8, 4) is 5.88 Å². The molecule has 1 aliphatic heterocycles. The number of halogens is 2. The molecule has 0 saturated carbocycles. The van der Waals surface area contributed by atoms with Crippen LogP contribution in [0.3, 0.4) is 0 Å². The summed E-state index contributed by atoms with van der Waals surface area (Å²) in [5.74, 6) is 1.45. The van der Waals surface area contributed by atoms with Crippen molar-refractivity contribution >= 4 is 47.4 Å². The standard InChI is InChI=1S/C25H31N5O2.2ClH/c1-2-3-18-32-24-19-21(20-8-4-5-9-22(20)28-24)25(31)27-12-13-29-14-16-30(17-15-29)23-10-6-7-11-26-23;;/h4-11,19H,2-3,12-18H2,1H3,(H,27,31);2*1H. The first-order valence-electron chi connectivity index (χ1n) is 11.4. The number of hydrogen-bond donors (Lipinski definition) is 1. The molecule has 7 nitrogen and oxygen atoms in total. The highest BCUT2D eigenvalue weighted by Gasteiger charge is 2.18. The van der Waals surface area contributed by atoms with Gasteiger partial charge in [0.1, 0.15) is 5.82 Å². The molecular weight excluding hydrogens is 473 g/mol. The third kappa shape index (κ3) is 7.19. The van der Waals surface area contributed by atoms with Crippen LogP contribution in [-0.4, -0.2) is 66.7 Å². The monoisotopic (exact) mass is 505 g/mol. The number of benzene rings is 1. The molecule has 184 valence electrons. The van der Waals surface area contributed by atoms with E-state index in [2.05, 4.69) is 38.1 Å². The van der Waals surface area contributed by atoms with E-state index >= 15 is 0 Å². The minimum atomic E-state index is -0.0870. The number of para-hydroxylation sites is 1. The summed E-state index contributed by atoms with van der Waals surface area (Å²) >= 11 is 0. The first-order chi connectivity index (χ1) is 15.7. The van der Waals surface area contributed by atoms with Crippen molar-refractivity contribution < 1.29 is 9.53 Å². The number of carbonyl (C=O) groups is 1. The van der Waals surface area contributed by atoms with Gasteiger partial charge in [-0.05, 0) is 24.6 Å². The van der Waals surface area contributed by atoms with E-state index in [4.69, 9.17) is 4.74 Å². The summed E-state index contributed by atoms with van der Waals surface area (Å²) < 4.78 is 5.78. The van der Waals surface area contributed by atoms with Crippen LogP contribution >= 0.6 is 24.8 Å². The van der Waals surface area contributed by atoms with E-state index < -0.39 is 0 Å². The zero-order valence-corrected chi connectivity index (χ0v) is 21.1. The minimum absolute atomic E-state index is 0. The van der Waals surface area contributed by atoms with Crippen LogP contribution in [0.2, 0.25) is 0 Å². The van der Waals surface area contributed by atoms with E-state index in [1.54, 1.807) is 6.07 Å². The Balaban J connectivity index is 0.00000204. The third-order valence-corrected chi connectivity index (χ3v) is 5.74. The second-order valence-electron chi connectivity index (χ2n) is 8.00. The summed E-state index contributed by atoms with van der Waals surface area (Å²) in [6, 6.07) is 15.5. The van der Waals surface area contributed by atoms with Gasteiger partial charge in [-0.2, -0.15) is 0 Å². The summed E-state index contributed by atoms with van der Waals surface area (Å²) in [7, 11) is 0. The first-order valence-corrected chi connectivity index (χ1v) is 11.4. The highest BCUT2D eigenvalue weighted by atomic mass is 35.5. The van der Waals surface area contributed by atoms with Crippen molar-refractivity contribution in [2.75, 3.05) is 50.8 Å². The number of aromatic nitrogens is 2. The van der Waals surface area contributed by atoms with Gasteiger partial charge in [-0.25, -0.2) is 9.97 Å². The van der Waals surface area contributed by atoms with Crippen molar-refractivity contribution in [1.82, 2.24) is 20.2 Å². The predicted molar refractivity (Wildman–Crippen MR) is 142 cm³/mol. The SMILES string of the molecule is CCCCOc1cc(C(=O)NCCN2CCN(c3ccccn3)CC2)c2ccccc2n1.Cl.Cl. The number of rotatable bonds is 9. The summed E-state index contributed by atoms with van der Waals surface area (Å²) in [6.45, 7) is 7.95. The zero-order valence-electron chi connectivity index (χ0n) is 19.5. The summed E-state index contributed by atoms with van der Waals surface area (Å²) in [5.41, 5.74) is 1.39. The third-order valence-electron chi connectivity index (χ3n) is 5.74. The number of nitrogens with zero attached hydrogens (tertiary/aromatic N) is 4. The first kappa shape index (κ1) is 27.6. The average Bonchev–Trinajstić information content (AvgIpc) is 2.84. The van der Waals surface area contributed by atoms with Gasteiger partial charge in [0.25, 0.3) is 5.91 Å². The average molecular weight is 506 g/mol. The molecule has 3 aromatic rings. The lowest BCUT2D eigenvalue weighted by atomic mass is 10.1. The lowest BCUT2D eigenvalue weighted by Gasteiger charge is -2.35. The number of amides is 1. The van der Waals surface area contributed by atoms with E-state index in [9.17, 15) is 4.79 Å². The molecule has 34 heavy (non-hydrogen) atoms. The van der Waals surface area contributed by atoms with Gasteiger partial charge in [0, 0.05) is 56.9 Å². The number of fused-ring (bicyclic) bond motifs is 1. The van der Waals surface area contributed by atoms with E-state index in [1.807, 2.05) is 42.6 Å². The molecule has 0 spiro atoms. The number of carbonyl (C=O) groups excluding carboxylic acids is 1. The molecule has 1 aromatic carbocycles. The molecule has 0 bridgehead atoms. The minimum Gasteiger partial charge on any atom is -0.478 e. The summed E-state index contributed by atoms with van der Waals surface area (Å²) in [4.78, 5) is 26.7. The summed E-state index contributed by atoms with van der Waals surface area (Å²) in [6.07, 6.45) is 3.85. The molecule has 1 fully saturated rings. The molecule has 1 saturated heterocycles. The molecule has 0 aliphatic carbocycles. The quantitative estimate of drug-likeness (QED) is 0.439.